The Bertz CT molecular complexity index is 672. The Hall–Kier alpha value is -2.77. The Morgan fingerprint density at radius 3 is 2.65 bits per heavy atom. The van der Waals surface area contributed by atoms with E-state index in [2.05, 4.69) is 10.0 Å². The fourth-order valence-corrected chi connectivity index (χ4v) is 2.73. The maximum Gasteiger partial charge on any atom is 0.414 e. The Labute approximate surface area is 132 Å². The van der Waals surface area contributed by atoms with E-state index < -0.39 is 12.0 Å². The first kappa shape index (κ1) is 15.1. The summed E-state index contributed by atoms with van der Waals surface area (Å²) in [5.41, 5.74) is 8.78. The molecule has 2 unspecified atom stereocenters. The fraction of sp³-hybridized carbons (Fsp3) is 0.429. The Morgan fingerprint density at radius 1 is 1.39 bits per heavy atom. The minimum Gasteiger partial charge on any atom is -0.447 e. The summed E-state index contributed by atoms with van der Waals surface area (Å²) in [5, 5.41) is 3.52. The molecule has 9 nitrogen and oxygen atoms in total. The van der Waals surface area contributed by atoms with Gasteiger partial charge in [0.25, 0.3) is 0 Å². The van der Waals surface area contributed by atoms with Gasteiger partial charge in [0.05, 0.1) is 13.1 Å². The minimum atomic E-state index is -1.20. The minimum absolute atomic E-state index is 0.268. The van der Waals surface area contributed by atoms with E-state index in [0.29, 0.717) is 19.4 Å². The van der Waals surface area contributed by atoms with Gasteiger partial charge in [0.2, 0.25) is 0 Å². The summed E-state index contributed by atoms with van der Waals surface area (Å²) in [5.74, 6) is 0. The van der Waals surface area contributed by atoms with E-state index in [4.69, 9.17) is 15.0 Å². The SMILES string of the molecule is CC1(C=O)OC(N=[N+]=[N-])CN1c1ccc(N2CCOC2=O)cc1. The number of ether oxygens (including phenoxy) is 2. The molecular weight excluding hydrogens is 302 g/mol. The van der Waals surface area contributed by atoms with Crippen LogP contribution in [0.4, 0.5) is 16.2 Å². The summed E-state index contributed by atoms with van der Waals surface area (Å²) in [6, 6.07) is 7.11. The molecule has 23 heavy (non-hydrogen) atoms. The highest BCUT2D eigenvalue weighted by atomic mass is 16.6. The van der Waals surface area contributed by atoms with Crippen LogP contribution in [0.25, 0.3) is 10.4 Å². The molecule has 3 rings (SSSR count). The maximum atomic E-state index is 11.6. The number of carbonyl (C=O) groups is 2. The number of aldehydes is 1. The van der Waals surface area contributed by atoms with Gasteiger partial charge in [0, 0.05) is 16.3 Å². The van der Waals surface area contributed by atoms with Gasteiger partial charge in [-0.3, -0.25) is 9.69 Å². The number of anilines is 2. The van der Waals surface area contributed by atoms with E-state index in [1.165, 1.54) is 4.90 Å². The van der Waals surface area contributed by atoms with Crippen molar-refractivity contribution >= 4 is 23.8 Å². The predicted octanol–water partition coefficient (Wildman–Crippen LogP) is 2.03. The fourth-order valence-electron chi connectivity index (χ4n) is 2.73. The standard InChI is InChI=1S/C14H15N5O4/c1-14(9-20)19(8-12(23-14)16-17-15)11-4-2-10(3-5-11)18-6-7-22-13(18)21/h2-5,9,12H,6-8H2,1H3. The van der Waals surface area contributed by atoms with Crippen molar-refractivity contribution in [2.75, 3.05) is 29.5 Å². The summed E-state index contributed by atoms with van der Waals surface area (Å²) in [4.78, 5) is 28.9. The summed E-state index contributed by atoms with van der Waals surface area (Å²) in [6.45, 7) is 2.76. The first-order chi connectivity index (χ1) is 11.1. The van der Waals surface area contributed by atoms with Crippen molar-refractivity contribution in [3.63, 3.8) is 0 Å². The number of azide groups is 1. The van der Waals surface area contributed by atoms with Gasteiger partial charge in [-0.25, -0.2) is 4.79 Å². The highest BCUT2D eigenvalue weighted by Gasteiger charge is 2.43. The molecule has 0 spiro atoms. The molecule has 0 radical (unpaired) electrons. The molecule has 1 amide bonds. The lowest BCUT2D eigenvalue weighted by atomic mass is 10.2. The number of hydrogen-bond acceptors (Lipinski definition) is 6. The molecule has 2 fully saturated rings. The maximum absolute atomic E-state index is 11.6. The molecule has 9 heteroatoms. The van der Waals surface area contributed by atoms with Gasteiger partial charge in [-0.2, -0.15) is 0 Å². The van der Waals surface area contributed by atoms with Crippen molar-refractivity contribution in [3.05, 3.63) is 34.7 Å². The number of amides is 1. The van der Waals surface area contributed by atoms with E-state index in [1.807, 2.05) is 0 Å². The van der Waals surface area contributed by atoms with Gasteiger partial charge in [-0.05, 0) is 36.7 Å². The first-order valence-electron chi connectivity index (χ1n) is 7.08. The second-order valence-corrected chi connectivity index (χ2v) is 5.34. The number of hydrogen-bond donors (Lipinski definition) is 0. The lowest BCUT2D eigenvalue weighted by Gasteiger charge is -2.30. The summed E-state index contributed by atoms with van der Waals surface area (Å²) in [7, 11) is 0. The van der Waals surface area contributed by atoms with Crippen LogP contribution >= 0.6 is 0 Å². The van der Waals surface area contributed by atoms with Crippen molar-refractivity contribution < 1.29 is 19.1 Å². The number of carbonyl (C=O) groups excluding carboxylic acids is 2. The summed E-state index contributed by atoms with van der Waals surface area (Å²) >= 11 is 0. The number of nitrogens with zero attached hydrogens (tertiary/aromatic N) is 5. The van der Waals surface area contributed by atoms with Gasteiger partial charge in [-0.1, -0.05) is 5.11 Å². The summed E-state index contributed by atoms with van der Waals surface area (Å²) < 4.78 is 10.4. The first-order valence-corrected chi connectivity index (χ1v) is 7.08. The lowest BCUT2D eigenvalue weighted by Crippen LogP contribution is -2.43. The van der Waals surface area contributed by atoms with Crippen LogP contribution in [-0.2, 0) is 14.3 Å². The molecule has 2 saturated heterocycles. The number of cyclic esters (lactones) is 1. The molecule has 1 aromatic rings. The van der Waals surface area contributed by atoms with Crippen molar-refractivity contribution in [2.45, 2.75) is 18.9 Å². The number of rotatable bonds is 4. The molecule has 2 aliphatic heterocycles. The van der Waals surface area contributed by atoms with Gasteiger partial charge < -0.3 is 14.4 Å². The van der Waals surface area contributed by atoms with Gasteiger partial charge >= 0.3 is 6.09 Å². The quantitative estimate of drug-likeness (QED) is 0.365. The molecule has 0 aliphatic carbocycles. The van der Waals surface area contributed by atoms with Crippen molar-refractivity contribution in [2.24, 2.45) is 5.11 Å². The van der Waals surface area contributed by atoms with E-state index in [1.54, 1.807) is 36.1 Å². The third kappa shape index (κ3) is 2.67. The molecule has 1 aromatic carbocycles. The van der Waals surface area contributed by atoms with Crippen LogP contribution in [0, 0.1) is 0 Å². The Morgan fingerprint density at radius 2 is 2.09 bits per heavy atom. The van der Waals surface area contributed by atoms with Gasteiger partial charge in [-0.15, -0.1) is 0 Å². The van der Waals surface area contributed by atoms with E-state index in [9.17, 15) is 9.59 Å². The van der Waals surface area contributed by atoms with Crippen molar-refractivity contribution in [1.82, 2.24) is 0 Å². The molecule has 120 valence electrons. The largest absolute Gasteiger partial charge is 0.447 e. The predicted molar refractivity (Wildman–Crippen MR) is 81.0 cm³/mol. The molecule has 0 saturated carbocycles. The summed E-state index contributed by atoms with van der Waals surface area (Å²) in [6.07, 6.45) is -0.433. The lowest BCUT2D eigenvalue weighted by molar-refractivity contribution is -0.127. The second-order valence-electron chi connectivity index (χ2n) is 5.34. The molecule has 0 bridgehead atoms. The van der Waals surface area contributed by atoms with E-state index >= 15 is 0 Å². The average Bonchev–Trinajstić information content (AvgIpc) is 3.12. The van der Waals surface area contributed by atoms with Crippen molar-refractivity contribution in [3.8, 4) is 0 Å². The zero-order valence-electron chi connectivity index (χ0n) is 12.5. The van der Waals surface area contributed by atoms with Crippen LogP contribution in [-0.4, -0.2) is 44.0 Å². The van der Waals surface area contributed by atoms with E-state index in [-0.39, 0.29) is 12.6 Å². The molecule has 0 N–H and O–H groups in total. The highest BCUT2D eigenvalue weighted by molar-refractivity contribution is 5.89. The van der Waals surface area contributed by atoms with Crippen LogP contribution in [0.2, 0.25) is 0 Å². The molecular formula is C14H15N5O4. The van der Waals surface area contributed by atoms with Crippen LogP contribution in [0.15, 0.2) is 29.4 Å². The molecule has 2 aliphatic rings. The highest BCUT2D eigenvalue weighted by Crippen LogP contribution is 2.33. The van der Waals surface area contributed by atoms with Gasteiger partial charge in [0.1, 0.15) is 6.61 Å². The molecule has 2 atom stereocenters. The third-order valence-corrected chi connectivity index (χ3v) is 3.88. The van der Waals surface area contributed by atoms with Crippen LogP contribution in [0.5, 0.6) is 0 Å². The smallest absolute Gasteiger partial charge is 0.414 e. The van der Waals surface area contributed by atoms with Crippen LogP contribution in [0.1, 0.15) is 6.92 Å². The Kier molecular flexibility index (Phi) is 3.81. The van der Waals surface area contributed by atoms with Crippen molar-refractivity contribution in [1.29, 1.82) is 0 Å². The zero-order chi connectivity index (χ0) is 16.4. The van der Waals surface area contributed by atoms with Crippen LogP contribution < -0.4 is 9.80 Å². The van der Waals surface area contributed by atoms with Crippen LogP contribution in [0.3, 0.4) is 0 Å². The average molecular weight is 317 g/mol. The molecule has 0 aromatic heterocycles. The monoisotopic (exact) mass is 317 g/mol. The zero-order valence-corrected chi connectivity index (χ0v) is 12.5. The normalized spacial score (nSPS) is 26.8. The Balaban J connectivity index is 1.84. The number of benzene rings is 1. The van der Waals surface area contributed by atoms with E-state index in [0.717, 1.165) is 11.4 Å². The second kappa shape index (κ2) is 5.79. The third-order valence-electron chi connectivity index (χ3n) is 3.88. The van der Waals surface area contributed by atoms with Gasteiger partial charge in [0.15, 0.2) is 18.2 Å². The topological polar surface area (TPSA) is 108 Å². The molecule has 2 heterocycles.